The molecule has 0 atom stereocenters. The number of hydrogen-bond donors (Lipinski definition) is 2. The van der Waals surface area contributed by atoms with Gasteiger partial charge in [0.1, 0.15) is 17.5 Å². The molecule has 1 fully saturated rings. The maximum Gasteiger partial charge on any atom is 0.136 e. The molecule has 0 unspecified atom stereocenters. The molecule has 1 aliphatic rings. The quantitative estimate of drug-likeness (QED) is 0.868. The van der Waals surface area contributed by atoms with Gasteiger partial charge in [0, 0.05) is 24.7 Å². The molecule has 3 rings (SSSR count). The van der Waals surface area contributed by atoms with Crippen LogP contribution in [-0.2, 0) is 6.42 Å². The minimum absolute atomic E-state index is 0.547. The van der Waals surface area contributed by atoms with Crippen LogP contribution in [0.4, 0.5) is 17.3 Å². The van der Waals surface area contributed by atoms with Crippen LogP contribution in [0, 0.1) is 0 Å². The highest BCUT2D eigenvalue weighted by atomic mass is 15.1. The molecule has 2 aromatic rings. The molecule has 0 amide bonds. The first-order chi connectivity index (χ1) is 9.78. The standard InChI is InChI=1S/C16H20N4/c1-3-11-5-4-6-13(9-11)18-15-10-14(17-2)19-16(20-15)12-7-8-12/h4-6,9-10,12H,3,7-8H2,1-2H3,(H2,17,18,19,20). The fourth-order valence-corrected chi connectivity index (χ4v) is 2.20. The monoisotopic (exact) mass is 268 g/mol. The van der Waals surface area contributed by atoms with E-state index in [0.29, 0.717) is 5.92 Å². The molecule has 1 saturated carbocycles. The van der Waals surface area contributed by atoms with Crippen LogP contribution in [0.25, 0.3) is 0 Å². The Labute approximate surface area is 119 Å². The largest absolute Gasteiger partial charge is 0.373 e. The summed E-state index contributed by atoms with van der Waals surface area (Å²) in [7, 11) is 1.89. The molecule has 0 radical (unpaired) electrons. The molecule has 0 bridgehead atoms. The van der Waals surface area contributed by atoms with Crippen molar-refractivity contribution in [3.63, 3.8) is 0 Å². The van der Waals surface area contributed by atoms with Crippen LogP contribution >= 0.6 is 0 Å². The zero-order valence-electron chi connectivity index (χ0n) is 12.0. The maximum atomic E-state index is 4.63. The summed E-state index contributed by atoms with van der Waals surface area (Å²) in [6.07, 6.45) is 3.45. The lowest BCUT2D eigenvalue weighted by Crippen LogP contribution is -2.03. The van der Waals surface area contributed by atoms with Gasteiger partial charge in [-0.3, -0.25) is 0 Å². The number of nitrogens with one attached hydrogen (secondary N) is 2. The van der Waals surface area contributed by atoms with Crippen LogP contribution in [0.2, 0.25) is 0 Å². The average Bonchev–Trinajstić information content (AvgIpc) is 3.31. The molecule has 0 spiro atoms. The highest BCUT2D eigenvalue weighted by Gasteiger charge is 2.27. The summed E-state index contributed by atoms with van der Waals surface area (Å²) in [6.45, 7) is 2.16. The summed E-state index contributed by atoms with van der Waals surface area (Å²) in [5.41, 5.74) is 2.40. The molecule has 4 heteroatoms. The molecule has 104 valence electrons. The van der Waals surface area contributed by atoms with Gasteiger partial charge < -0.3 is 10.6 Å². The molecule has 1 aliphatic carbocycles. The molecule has 1 heterocycles. The van der Waals surface area contributed by atoms with Crippen LogP contribution in [0.1, 0.15) is 37.1 Å². The Hall–Kier alpha value is -2.10. The summed E-state index contributed by atoms with van der Waals surface area (Å²) in [5, 5.41) is 6.49. The van der Waals surface area contributed by atoms with E-state index in [-0.39, 0.29) is 0 Å². The Morgan fingerprint density at radius 2 is 1.95 bits per heavy atom. The van der Waals surface area contributed by atoms with Gasteiger partial charge in [-0.2, -0.15) is 0 Å². The lowest BCUT2D eigenvalue weighted by Gasteiger charge is -2.10. The predicted molar refractivity (Wildman–Crippen MR) is 82.7 cm³/mol. The molecule has 4 nitrogen and oxygen atoms in total. The van der Waals surface area contributed by atoms with Gasteiger partial charge >= 0.3 is 0 Å². The van der Waals surface area contributed by atoms with Crippen LogP contribution in [0.3, 0.4) is 0 Å². The maximum absolute atomic E-state index is 4.63. The Morgan fingerprint density at radius 1 is 1.15 bits per heavy atom. The third kappa shape index (κ3) is 2.90. The molecule has 2 N–H and O–H groups in total. The lowest BCUT2D eigenvalue weighted by atomic mass is 10.1. The number of aryl methyl sites for hydroxylation is 1. The summed E-state index contributed by atoms with van der Waals surface area (Å²) >= 11 is 0. The van der Waals surface area contributed by atoms with Crippen LogP contribution in [-0.4, -0.2) is 17.0 Å². The van der Waals surface area contributed by atoms with Crippen molar-refractivity contribution < 1.29 is 0 Å². The Morgan fingerprint density at radius 3 is 2.65 bits per heavy atom. The predicted octanol–water partition coefficient (Wildman–Crippen LogP) is 3.70. The molecule has 0 aliphatic heterocycles. The minimum atomic E-state index is 0.547. The van der Waals surface area contributed by atoms with Gasteiger partial charge in [-0.15, -0.1) is 0 Å². The third-order valence-electron chi connectivity index (χ3n) is 3.55. The molecule has 0 saturated heterocycles. The first-order valence-corrected chi connectivity index (χ1v) is 7.21. The second-order valence-electron chi connectivity index (χ2n) is 5.20. The van der Waals surface area contributed by atoms with Crippen molar-refractivity contribution in [1.29, 1.82) is 0 Å². The second kappa shape index (κ2) is 5.49. The average molecular weight is 268 g/mol. The first-order valence-electron chi connectivity index (χ1n) is 7.21. The van der Waals surface area contributed by atoms with Gasteiger partial charge in [-0.1, -0.05) is 19.1 Å². The van der Waals surface area contributed by atoms with Gasteiger partial charge in [-0.05, 0) is 37.0 Å². The van der Waals surface area contributed by atoms with Crippen molar-refractivity contribution in [1.82, 2.24) is 9.97 Å². The van der Waals surface area contributed by atoms with Gasteiger partial charge in [0.05, 0.1) is 0 Å². The number of benzene rings is 1. The van der Waals surface area contributed by atoms with E-state index in [1.165, 1.54) is 18.4 Å². The fourth-order valence-electron chi connectivity index (χ4n) is 2.20. The number of rotatable bonds is 5. The number of nitrogens with zero attached hydrogens (tertiary/aromatic N) is 2. The highest BCUT2D eigenvalue weighted by Crippen LogP contribution is 2.39. The zero-order valence-corrected chi connectivity index (χ0v) is 12.0. The van der Waals surface area contributed by atoms with Crippen LogP contribution in [0.5, 0.6) is 0 Å². The van der Waals surface area contributed by atoms with E-state index in [4.69, 9.17) is 0 Å². The summed E-state index contributed by atoms with van der Waals surface area (Å²) < 4.78 is 0. The van der Waals surface area contributed by atoms with E-state index in [9.17, 15) is 0 Å². The van der Waals surface area contributed by atoms with Gasteiger partial charge in [0.15, 0.2) is 0 Å². The first kappa shape index (κ1) is 12.9. The van der Waals surface area contributed by atoms with E-state index in [2.05, 4.69) is 51.8 Å². The number of anilines is 3. The summed E-state index contributed by atoms with van der Waals surface area (Å²) in [6, 6.07) is 10.4. The molecule has 1 aromatic carbocycles. The van der Waals surface area contributed by atoms with Gasteiger partial charge in [0.2, 0.25) is 0 Å². The molecular weight excluding hydrogens is 248 g/mol. The second-order valence-corrected chi connectivity index (χ2v) is 5.20. The summed E-state index contributed by atoms with van der Waals surface area (Å²) in [4.78, 5) is 9.16. The van der Waals surface area contributed by atoms with E-state index in [1.54, 1.807) is 0 Å². The van der Waals surface area contributed by atoms with E-state index in [1.807, 2.05) is 13.1 Å². The molecule has 1 aromatic heterocycles. The summed E-state index contributed by atoms with van der Waals surface area (Å²) in [5.74, 6) is 3.23. The number of hydrogen-bond acceptors (Lipinski definition) is 4. The fraction of sp³-hybridized carbons (Fsp3) is 0.375. The number of aromatic nitrogens is 2. The Kier molecular flexibility index (Phi) is 3.54. The zero-order chi connectivity index (χ0) is 13.9. The molecule has 20 heavy (non-hydrogen) atoms. The molecular formula is C16H20N4. The van der Waals surface area contributed by atoms with Crippen molar-refractivity contribution >= 4 is 17.3 Å². The smallest absolute Gasteiger partial charge is 0.136 e. The van der Waals surface area contributed by atoms with Crippen LogP contribution in [0.15, 0.2) is 30.3 Å². The Bertz CT molecular complexity index is 605. The van der Waals surface area contributed by atoms with E-state index < -0.39 is 0 Å². The van der Waals surface area contributed by atoms with Crippen LogP contribution < -0.4 is 10.6 Å². The minimum Gasteiger partial charge on any atom is -0.373 e. The SMILES string of the molecule is CCc1cccc(Nc2cc(NC)nc(C3CC3)n2)c1. The van der Waals surface area contributed by atoms with E-state index >= 15 is 0 Å². The van der Waals surface area contributed by atoms with Crippen molar-refractivity contribution in [3.8, 4) is 0 Å². The van der Waals surface area contributed by atoms with Crippen molar-refractivity contribution in [2.45, 2.75) is 32.1 Å². The van der Waals surface area contributed by atoms with Crippen molar-refractivity contribution in [2.24, 2.45) is 0 Å². The normalized spacial score (nSPS) is 14.1. The van der Waals surface area contributed by atoms with Gasteiger partial charge in [0.25, 0.3) is 0 Å². The third-order valence-corrected chi connectivity index (χ3v) is 3.55. The Balaban J connectivity index is 1.86. The highest BCUT2D eigenvalue weighted by molar-refractivity contribution is 5.60. The van der Waals surface area contributed by atoms with Crippen molar-refractivity contribution in [2.75, 3.05) is 17.7 Å². The van der Waals surface area contributed by atoms with Gasteiger partial charge in [-0.25, -0.2) is 9.97 Å². The van der Waals surface area contributed by atoms with Crippen molar-refractivity contribution in [3.05, 3.63) is 41.7 Å². The van der Waals surface area contributed by atoms with E-state index in [0.717, 1.165) is 29.6 Å². The lowest BCUT2D eigenvalue weighted by molar-refractivity contribution is 0.932. The topological polar surface area (TPSA) is 49.8 Å².